The fourth-order valence-corrected chi connectivity index (χ4v) is 3.07. The van der Waals surface area contributed by atoms with Crippen molar-refractivity contribution >= 4 is 11.5 Å². The highest BCUT2D eigenvalue weighted by Gasteiger charge is 2.14. The first-order valence-corrected chi connectivity index (χ1v) is 9.69. The second kappa shape index (κ2) is 10.8. The van der Waals surface area contributed by atoms with E-state index in [0.717, 1.165) is 11.0 Å². The van der Waals surface area contributed by atoms with Crippen LogP contribution >= 0.6 is 0 Å². The van der Waals surface area contributed by atoms with Gasteiger partial charge in [-0.3, -0.25) is 18.8 Å². The van der Waals surface area contributed by atoms with Crippen LogP contribution in [0.25, 0.3) is 0 Å². The number of nitrogens with one attached hydrogen (secondary N) is 2. The minimum absolute atomic E-state index is 0.0233. The van der Waals surface area contributed by atoms with Crippen molar-refractivity contribution in [1.82, 2.24) is 14.0 Å². The van der Waals surface area contributed by atoms with Gasteiger partial charge in [0.2, 0.25) is 0 Å². The lowest BCUT2D eigenvalue weighted by molar-refractivity contribution is 0.162. The van der Waals surface area contributed by atoms with Gasteiger partial charge in [0.05, 0.1) is 12.3 Å². The highest BCUT2D eigenvalue weighted by Crippen LogP contribution is 2.12. The Bertz CT molecular complexity index is 912. The van der Waals surface area contributed by atoms with Gasteiger partial charge >= 0.3 is 5.69 Å². The van der Waals surface area contributed by atoms with Crippen LogP contribution in [-0.2, 0) is 14.1 Å². The first-order chi connectivity index (χ1) is 13.8. The van der Waals surface area contributed by atoms with Crippen LogP contribution in [0.4, 0.5) is 15.9 Å². The normalized spacial score (nSPS) is 12.2. The molecule has 160 valence electrons. The first kappa shape index (κ1) is 22.6. The Labute approximate surface area is 169 Å². The van der Waals surface area contributed by atoms with Crippen LogP contribution in [0.2, 0.25) is 0 Å². The fourth-order valence-electron chi connectivity index (χ4n) is 3.07. The summed E-state index contributed by atoms with van der Waals surface area (Å²) in [5.74, 6) is 0.173. The summed E-state index contributed by atoms with van der Waals surface area (Å²) in [5, 5.41) is 15.6. The standard InChI is InChI=1S/C20H30FN5O3/c1-15(14-23-18-13-19(28)25(3)20(29)24(18)2)26(11-12-27)10-6-9-22-17-8-5-4-7-16(17)21/h4-5,7-8,13,15,22-23,27H,6,9-12,14H2,1-3H3. The Kier molecular flexibility index (Phi) is 8.41. The van der Waals surface area contributed by atoms with Crippen LogP contribution in [0.3, 0.4) is 0 Å². The Morgan fingerprint density at radius 2 is 1.86 bits per heavy atom. The molecule has 0 bridgehead atoms. The predicted molar refractivity (Wildman–Crippen MR) is 113 cm³/mol. The predicted octanol–water partition coefficient (Wildman–Crippen LogP) is 0.820. The van der Waals surface area contributed by atoms with Crippen molar-refractivity contribution in [2.24, 2.45) is 14.1 Å². The smallest absolute Gasteiger partial charge is 0.332 e. The zero-order valence-corrected chi connectivity index (χ0v) is 17.2. The number of benzene rings is 1. The number of nitrogens with zero attached hydrogens (tertiary/aromatic N) is 3. The molecule has 9 heteroatoms. The van der Waals surface area contributed by atoms with E-state index in [4.69, 9.17) is 0 Å². The highest BCUT2D eigenvalue weighted by molar-refractivity contribution is 5.44. The largest absolute Gasteiger partial charge is 0.395 e. The molecule has 8 nitrogen and oxygen atoms in total. The van der Waals surface area contributed by atoms with Crippen LogP contribution in [-0.4, -0.2) is 58.0 Å². The summed E-state index contributed by atoms with van der Waals surface area (Å²) >= 11 is 0. The van der Waals surface area contributed by atoms with Gasteiger partial charge in [0.1, 0.15) is 11.6 Å². The lowest BCUT2D eigenvalue weighted by Crippen LogP contribution is -2.42. The molecule has 1 heterocycles. The van der Waals surface area contributed by atoms with E-state index in [0.29, 0.717) is 37.7 Å². The van der Waals surface area contributed by atoms with Crippen molar-refractivity contribution in [1.29, 1.82) is 0 Å². The van der Waals surface area contributed by atoms with Crippen molar-refractivity contribution in [3.8, 4) is 0 Å². The number of halogens is 1. The monoisotopic (exact) mass is 407 g/mol. The maximum Gasteiger partial charge on any atom is 0.332 e. The summed E-state index contributed by atoms with van der Waals surface area (Å²) in [6.07, 6.45) is 0.767. The van der Waals surface area contributed by atoms with Gasteiger partial charge in [0.25, 0.3) is 5.56 Å². The summed E-state index contributed by atoms with van der Waals surface area (Å²) in [6.45, 7) is 4.34. The maximum absolute atomic E-state index is 13.6. The highest BCUT2D eigenvalue weighted by atomic mass is 19.1. The molecular formula is C20H30FN5O3. The summed E-state index contributed by atoms with van der Waals surface area (Å²) in [5.41, 5.74) is -0.281. The van der Waals surface area contributed by atoms with E-state index in [1.165, 1.54) is 23.7 Å². The molecule has 2 aromatic rings. The summed E-state index contributed by atoms with van der Waals surface area (Å²) in [7, 11) is 3.05. The van der Waals surface area contributed by atoms with E-state index in [1.54, 1.807) is 25.2 Å². The number of aromatic nitrogens is 2. The molecule has 1 atom stereocenters. The molecule has 0 spiro atoms. The van der Waals surface area contributed by atoms with E-state index in [2.05, 4.69) is 15.5 Å². The number of hydrogen-bond acceptors (Lipinski definition) is 6. The van der Waals surface area contributed by atoms with Gasteiger partial charge in [-0.05, 0) is 25.5 Å². The van der Waals surface area contributed by atoms with Gasteiger partial charge in [0, 0.05) is 52.4 Å². The SMILES string of the molecule is CC(CNc1cc(=O)n(C)c(=O)n1C)N(CCO)CCCNc1ccccc1F. The molecule has 0 saturated carbocycles. The van der Waals surface area contributed by atoms with E-state index < -0.39 is 0 Å². The van der Waals surface area contributed by atoms with Gasteiger partial charge in [-0.2, -0.15) is 0 Å². The third-order valence-corrected chi connectivity index (χ3v) is 4.93. The lowest BCUT2D eigenvalue weighted by atomic mass is 10.2. The Hall–Kier alpha value is -2.65. The van der Waals surface area contributed by atoms with Crippen LogP contribution in [0, 0.1) is 5.82 Å². The molecule has 0 fully saturated rings. The Morgan fingerprint density at radius 1 is 1.14 bits per heavy atom. The Morgan fingerprint density at radius 3 is 2.55 bits per heavy atom. The molecule has 1 aromatic heterocycles. The minimum Gasteiger partial charge on any atom is -0.395 e. The summed E-state index contributed by atoms with van der Waals surface area (Å²) in [6, 6.07) is 7.98. The average molecular weight is 407 g/mol. The molecule has 0 aliphatic carbocycles. The molecule has 1 unspecified atom stereocenters. The van der Waals surface area contributed by atoms with Crippen molar-refractivity contribution in [3.63, 3.8) is 0 Å². The van der Waals surface area contributed by atoms with Crippen molar-refractivity contribution in [2.75, 3.05) is 43.4 Å². The van der Waals surface area contributed by atoms with Crippen molar-refractivity contribution < 1.29 is 9.50 Å². The molecule has 0 saturated heterocycles. The van der Waals surface area contributed by atoms with Crippen LogP contribution in [0.15, 0.2) is 39.9 Å². The van der Waals surface area contributed by atoms with E-state index in [1.807, 2.05) is 6.92 Å². The molecule has 0 aliphatic heterocycles. The molecule has 2 rings (SSSR count). The number of rotatable bonds is 11. The zero-order chi connectivity index (χ0) is 21.4. The second-order valence-corrected chi connectivity index (χ2v) is 7.02. The summed E-state index contributed by atoms with van der Waals surface area (Å²) < 4.78 is 16.1. The molecule has 0 radical (unpaired) electrons. The van der Waals surface area contributed by atoms with Gasteiger partial charge in [0.15, 0.2) is 0 Å². The fraction of sp³-hybridized carbons (Fsp3) is 0.500. The Balaban J connectivity index is 1.89. The quantitative estimate of drug-likeness (QED) is 0.478. The number of aliphatic hydroxyl groups is 1. The minimum atomic E-state index is -0.390. The van der Waals surface area contributed by atoms with Gasteiger partial charge < -0.3 is 15.7 Å². The number of anilines is 2. The molecule has 29 heavy (non-hydrogen) atoms. The second-order valence-electron chi connectivity index (χ2n) is 7.02. The number of aliphatic hydroxyl groups excluding tert-OH is 1. The number of hydrogen-bond donors (Lipinski definition) is 3. The third-order valence-electron chi connectivity index (χ3n) is 4.93. The summed E-state index contributed by atoms with van der Waals surface area (Å²) in [4.78, 5) is 26.0. The van der Waals surface area contributed by atoms with Crippen LogP contribution in [0.5, 0.6) is 0 Å². The molecule has 0 aliphatic rings. The van der Waals surface area contributed by atoms with E-state index in [-0.39, 0.29) is 29.7 Å². The molecule has 0 amide bonds. The van der Waals surface area contributed by atoms with Crippen molar-refractivity contribution in [3.05, 3.63) is 57.0 Å². The molecular weight excluding hydrogens is 377 g/mol. The van der Waals surface area contributed by atoms with Crippen LogP contribution in [0.1, 0.15) is 13.3 Å². The van der Waals surface area contributed by atoms with Gasteiger partial charge in [-0.1, -0.05) is 12.1 Å². The maximum atomic E-state index is 13.6. The van der Waals surface area contributed by atoms with E-state index >= 15 is 0 Å². The zero-order valence-electron chi connectivity index (χ0n) is 17.2. The topological polar surface area (TPSA) is 91.5 Å². The molecule has 3 N–H and O–H groups in total. The van der Waals surface area contributed by atoms with Gasteiger partial charge in [-0.15, -0.1) is 0 Å². The van der Waals surface area contributed by atoms with E-state index in [9.17, 15) is 19.1 Å². The van der Waals surface area contributed by atoms with Crippen LogP contribution < -0.4 is 21.9 Å². The average Bonchev–Trinajstić information content (AvgIpc) is 2.71. The van der Waals surface area contributed by atoms with Gasteiger partial charge in [-0.25, -0.2) is 9.18 Å². The molecule has 1 aromatic carbocycles. The third kappa shape index (κ3) is 6.16. The van der Waals surface area contributed by atoms with Crippen molar-refractivity contribution in [2.45, 2.75) is 19.4 Å². The number of para-hydroxylation sites is 1. The first-order valence-electron chi connectivity index (χ1n) is 9.69. The lowest BCUT2D eigenvalue weighted by Gasteiger charge is -2.29.